The van der Waals surface area contributed by atoms with Gasteiger partial charge in [0, 0.05) is 5.75 Å². The second kappa shape index (κ2) is 9.97. The van der Waals surface area contributed by atoms with Crippen LogP contribution in [-0.4, -0.2) is 12.4 Å². The van der Waals surface area contributed by atoms with Crippen molar-refractivity contribution >= 4 is 21.9 Å². The highest BCUT2D eigenvalue weighted by molar-refractivity contribution is 8.74. The standard InChI is InChI=1S/C20H36OS2/c1-2-3-4-5-16-6-8-17(9-7-16)18-10-12-19(13-11-18)20-14-21-23-22-15-20/h16-20H,2-15H2,1H3. The molecule has 3 heteroatoms. The molecule has 0 aromatic rings. The number of hydrogen-bond acceptors (Lipinski definition) is 3. The van der Waals surface area contributed by atoms with Crippen molar-refractivity contribution in [3.63, 3.8) is 0 Å². The Morgan fingerprint density at radius 2 is 1.39 bits per heavy atom. The first-order valence-corrected chi connectivity index (χ1v) is 12.5. The van der Waals surface area contributed by atoms with Crippen molar-refractivity contribution in [2.45, 2.75) is 84.0 Å². The Labute approximate surface area is 152 Å². The van der Waals surface area contributed by atoms with E-state index < -0.39 is 0 Å². The Hall–Kier alpha value is 0.660. The Balaban J connectivity index is 1.34. The van der Waals surface area contributed by atoms with Crippen LogP contribution in [-0.2, 0) is 4.18 Å². The molecular formula is C20H36OS2. The van der Waals surface area contributed by atoms with Gasteiger partial charge >= 0.3 is 0 Å². The van der Waals surface area contributed by atoms with Crippen LogP contribution < -0.4 is 0 Å². The molecule has 1 heterocycles. The van der Waals surface area contributed by atoms with Gasteiger partial charge in [0.25, 0.3) is 0 Å². The topological polar surface area (TPSA) is 9.23 Å². The fourth-order valence-electron chi connectivity index (χ4n) is 5.30. The molecule has 1 aliphatic heterocycles. The zero-order chi connectivity index (χ0) is 15.9. The molecule has 134 valence electrons. The van der Waals surface area contributed by atoms with Gasteiger partial charge in [-0.25, -0.2) is 0 Å². The number of rotatable bonds is 6. The van der Waals surface area contributed by atoms with Gasteiger partial charge in [0.05, 0.1) is 17.7 Å². The highest BCUT2D eigenvalue weighted by Gasteiger charge is 2.34. The summed E-state index contributed by atoms with van der Waals surface area (Å²) in [6, 6.07) is 0. The third-order valence-corrected chi connectivity index (χ3v) is 8.80. The van der Waals surface area contributed by atoms with E-state index in [1.54, 1.807) is 36.8 Å². The van der Waals surface area contributed by atoms with E-state index >= 15 is 0 Å². The first kappa shape index (κ1) is 18.5. The van der Waals surface area contributed by atoms with Gasteiger partial charge in [0.1, 0.15) is 0 Å². The van der Waals surface area contributed by atoms with Crippen LogP contribution in [0.1, 0.15) is 84.0 Å². The van der Waals surface area contributed by atoms with Crippen LogP contribution in [0.5, 0.6) is 0 Å². The zero-order valence-corrected chi connectivity index (χ0v) is 16.6. The van der Waals surface area contributed by atoms with Crippen molar-refractivity contribution in [2.24, 2.45) is 29.6 Å². The summed E-state index contributed by atoms with van der Waals surface area (Å²) in [4.78, 5) is 0. The molecule has 0 amide bonds. The molecule has 0 N–H and O–H groups in total. The lowest BCUT2D eigenvalue weighted by Gasteiger charge is -2.40. The molecule has 1 saturated heterocycles. The van der Waals surface area contributed by atoms with Crippen LogP contribution in [0.3, 0.4) is 0 Å². The summed E-state index contributed by atoms with van der Waals surface area (Å²) in [6.45, 7) is 3.33. The van der Waals surface area contributed by atoms with E-state index in [0.29, 0.717) is 0 Å². The molecule has 1 nitrogen and oxygen atoms in total. The Kier molecular flexibility index (Phi) is 8.00. The summed E-state index contributed by atoms with van der Waals surface area (Å²) in [5.74, 6) is 6.34. The molecule has 2 aliphatic carbocycles. The van der Waals surface area contributed by atoms with Crippen LogP contribution >= 0.6 is 21.9 Å². The van der Waals surface area contributed by atoms with E-state index in [2.05, 4.69) is 6.92 Å². The molecule has 0 spiro atoms. The van der Waals surface area contributed by atoms with Gasteiger partial charge in [0.15, 0.2) is 0 Å². The van der Waals surface area contributed by atoms with Crippen molar-refractivity contribution in [1.29, 1.82) is 0 Å². The summed E-state index contributed by atoms with van der Waals surface area (Å²) in [6.07, 6.45) is 18.0. The van der Waals surface area contributed by atoms with Gasteiger partial charge in [-0.05, 0) is 68.1 Å². The second-order valence-electron chi connectivity index (χ2n) is 8.35. The fraction of sp³-hybridized carbons (Fsp3) is 1.00. The van der Waals surface area contributed by atoms with Gasteiger partial charge < -0.3 is 4.18 Å². The lowest BCUT2D eigenvalue weighted by Crippen LogP contribution is -2.31. The van der Waals surface area contributed by atoms with Gasteiger partial charge in [-0.15, -0.1) is 0 Å². The summed E-state index contributed by atoms with van der Waals surface area (Å²) in [7, 11) is 1.93. The van der Waals surface area contributed by atoms with Crippen molar-refractivity contribution < 1.29 is 4.18 Å². The minimum Gasteiger partial charge on any atom is -0.305 e. The molecule has 3 fully saturated rings. The van der Waals surface area contributed by atoms with E-state index in [4.69, 9.17) is 4.18 Å². The maximum atomic E-state index is 5.61. The molecule has 0 bridgehead atoms. The molecule has 1 atom stereocenters. The van der Waals surface area contributed by atoms with E-state index in [-0.39, 0.29) is 0 Å². The summed E-state index contributed by atoms with van der Waals surface area (Å²) in [5, 5.41) is 0. The maximum Gasteiger partial charge on any atom is 0.0663 e. The number of hydrogen-bond donors (Lipinski definition) is 0. The zero-order valence-electron chi connectivity index (χ0n) is 15.0. The molecule has 2 saturated carbocycles. The lowest BCUT2D eigenvalue weighted by molar-refractivity contribution is 0.114. The van der Waals surface area contributed by atoms with Gasteiger partial charge in [-0.2, -0.15) is 0 Å². The molecule has 23 heavy (non-hydrogen) atoms. The van der Waals surface area contributed by atoms with Crippen LogP contribution in [0.15, 0.2) is 0 Å². The van der Waals surface area contributed by atoms with E-state index in [0.717, 1.165) is 36.2 Å². The first-order valence-electron chi connectivity index (χ1n) is 10.3. The third kappa shape index (κ3) is 5.57. The monoisotopic (exact) mass is 356 g/mol. The summed E-state index contributed by atoms with van der Waals surface area (Å²) >= 11 is 1.61. The maximum absolute atomic E-state index is 5.61. The predicted octanol–water partition coefficient (Wildman–Crippen LogP) is 7.12. The molecule has 3 aliphatic rings. The van der Waals surface area contributed by atoms with Crippen LogP contribution in [0.4, 0.5) is 0 Å². The van der Waals surface area contributed by atoms with E-state index in [9.17, 15) is 0 Å². The molecule has 0 aromatic heterocycles. The fourth-order valence-corrected chi connectivity index (χ4v) is 7.26. The molecular weight excluding hydrogens is 320 g/mol. The first-order chi connectivity index (χ1) is 11.4. The Morgan fingerprint density at radius 1 is 0.783 bits per heavy atom. The van der Waals surface area contributed by atoms with Crippen molar-refractivity contribution in [3.8, 4) is 0 Å². The number of unbranched alkanes of at least 4 members (excludes halogenated alkanes) is 2. The Bertz CT molecular complexity index is 314. The predicted molar refractivity (Wildman–Crippen MR) is 105 cm³/mol. The highest BCUT2D eigenvalue weighted by Crippen LogP contribution is 2.45. The highest BCUT2D eigenvalue weighted by atomic mass is 33.1. The summed E-state index contributed by atoms with van der Waals surface area (Å²) in [5.41, 5.74) is 0. The minimum absolute atomic E-state index is 0.844. The van der Waals surface area contributed by atoms with Crippen LogP contribution in [0, 0.1) is 29.6 Å². The minimum atomic E-state index is 0.844. The Morgan fingerprint density at radius 3 is 1.96 bits per heavy atom. The smallest absolute Gasteiger partial charge is 0.0663 e. The second-order valence-corrected chi connectivity index (χ2v) is 10.4. The largest absolute Gasteiger partial charge is 0.305 e. The quantitative estimate of drug-likeness (QED) is 0.285. The van der Waals surface area contributed by atoms with Crippen LogP contribution in [0.25, 0.3) is 0 Å². The molecule has 0 aromatic carbocycles. The molecule has 0 radical (unpaired) electrons. The average Bonchev–Trinajstić information content (AvgIpc) is 2.63. The SMILES string of the molecule is CCCCCC1CCC(C2CCC(C3COSSC3)CC2)CC1. The van der Waals surface area contributed by atoms with Crippen molar-refractivity contribution in [2.75, 3.05) is 12.4 Å². The normalized spacial score (nSPS) is 39.3. The molecule has 1 unspecified atom stereocenters. The summed E-state index contributed by atoms with van der Waals surface area (Å²) < 4.78 is 5.61. The van der Waals surface area contributed by atoms with Gasteiger partial charge in [-0.1, -0.05) is 56.2 Å². The average molecular weight is 357 g/mol. The molecule has 3 rings (SSSR count). The third-order valence-electron chi connectivity index (χ3n) is 6.92. The van der Waals surface area contributed by atoms with E-state index in [1.165, 1.54) is 57.1 Å². The van der Waals surface area contributed by atoms with Gasteiger partial charge in [0.2, 0.25) is 0 Å². The van der Waals surface area contributed by atoms with Crippen molar-refractivity contribution in [3.05, 3.63) is 0 Å². The van der Waals surface area contributed by atoms with Crippen LogP contribution in [0.2, 0.25) is 0 Å². The van der Waals surface area contributed by atoms with Crippen molar-refractivity contribution in [1.82, 2.24) is 0 Å². The van der Waals surface area contributed by atoms with Gasteiger partial charge in [-0.3, -0.25) is 0 Å². The lowest BCUT2D eigenvalue weighted by atomic mass is 9.67. The van der Waals surface area contributed by atoms with E-state index in [1.807, 2.05) is 10.8 Å².